The van der Waals surface area contributed by atoms with E-state index >= 15 is 0 Å². The summed E-state index contributed by atoms with van der Waals surface area (Å²) >= 11 is 0. The van der Waals surface area contributed by atoms with Gasteiger partial charge in [-0.3, -0.25) is 20.2 Å². The molecule has 0 heterocycles. The number of nitro benzene ring substituents is 2. The zero-order chi connectivity index (χ0) is 16.2. The molecular formula is C10H4N2Na2O8S. The van der Waals surface area contributed by atoms with Gasteiger partial charge >= 0.3 is 69.7 Å². The molecule has 0 atom stereocenters. The molecule has 0 radical (unpaired) electrons. The van der Waals surface area contributed by atoms with Crippen LogP contribution in [0.15, 0.2) is 24.3 Å². The molecule has 2 aromatic carbocycles. The van der Waals surface area contributed by atoms with Crippen LogP contribution in [-0.2, 0) is 10.6 Å². The predicted octanol–water partition coefficient (Wildman–Crippen LogP) is -5.47. The molecule has 13 heteroatoms. The summed E-state index contributed by atoms with van der Waals surface area (Å²) in [7, 11) is -3.11. The molecule has 2 rings (SSSR count). The van der Waals surface area contributed by atoms with Gasteiger partial charge in [-0.2, -0.15) is 24.3 Å². The molecule has 0 saturated heterocycles. The number of non-ortho nitro benzene ring substituents is 1. The molecule has 0 amide bonds. The molecule has 10 nitrogen and oxygen atoms in total. The Kier molecular flexibility index (Phi) is 11.2. The van der Waals surface area contributed by atoms with E-state index in [-0.39, 0.29) is 69.9 Å². The minimum Gasteiger partial charge on any atom is -0.877 e. The van der Waals surface area contributed by atoms with Gasteiger partial charge in [0.05, 0.1) is 15.9 Å². The molecule has 110 valence electrons. The second kappa shape index (κ2) is 10.6. The average molecular weight is 358 g/mol. The molecule has 2 aromatic rings. The maximum atomic E-state index is 11.7. The Balaban J connectivity index is 0. The molecule has 23 heavy (non-hydrogen) atoms. The van der Waals surface area contributed by atoms with Crippen LogP contribution in [0.2, 0.25) is 0 Å². The fourth-order valence-corrected chi connectivity index (χ4v) is 1.54. The second-order valence-corrected chi connectivity index (χ2v) is 3.84. The van der Waals surface area contributed by atoms with Gasteiger partial charge in [-0.05, 0) is 0 Å². The van der Waals surface area contributed by atoms with Crippen molar-refractivity contribution in [2.75, 3.05) is 0 Å². The number of nitrogens with zero attached hydrogens (tertiary/aromatic N) is 2. The molecule has 0 unspecified atom stereocenters. The standard InChI is InChI=1S/C10H5N2O5.2Na.O3S/c13-10-7-4-2-1-3-6(7)8(11(14)15)5-9(10)12(16)17;;;1-4(2)3/h1,3-5,13H;;;/q-1;2*+1;/p-1. The van der Waals surface area contributed by atoms with Gasteiger partial charge in [-0.1, -0.05) is 11.1 Å². The van der Waals surface area contributed by atoms with Crippen LogP contribution in [0.4, 0.5) is 11.4 Å². The van der Waals surface area contributed by atoms with Crippen molar-refractivity contribution >= 4 is 32.8 Å². The van der Waals surface area contributed by atoms with E-state index in [0.29, 0.717) is 6.07 Å². The largest absolute Gasteiger partial charge is 1.00 e. The summed E-state index contributed by atoms with van der Waals surface area (Å²) in [6.07, 6.45) is 0. The molecule has 0 aromatic heterocycles. The first kappa shape index (κ1) is 24.2. The van der Waals surface area contributed by atoms with E-state index in [9.17, 15) is 25.3 Å². The third-order valence-electron chi connectivity index (χ3n) is 2.28. The van der Waals surface area contributed by atoms with Gasteiger partial charge in [0.15, 0.2) is 0 Å². The van der Waals surface area contributed by atoms with Crippen molar-refractivity contribution in [1.29, 1.82) is 0 Å². The number of rotatable bonds is 2. The molecule has 0 aliphatic carbocycles. The molecule has 0 aliphatic heterocycles. The molecule has 0 bridgehead atoms. The van der Waals surface area contributed by atoms with Crippen molar-refractivity contribution < 1.29 is 86.7 Å². The van der Waals surface area contributed by atoms with Gasteiger partial charge in [0.25, 0.3) is 11.4 Å². The first-order chi connectivity index (χ1) is 9.75. The van der Waals surface area contributed by atoms with E-state index in [2.05, 4.69) is 6.07 Å². The van der Waals surface area contributed by atoms with E-state index in [1.807, 2.05) is 0 Å². The molecular weight excluding hydrogens is 354 g/mol. The molecule has 0 fully saturated rings. The minimum absolute atomic E-state index is 0. The van der Waals surface area contributed by atoms with Gasteiger partial charge in [-0.15, -0.1) is 18.0 Å². The van der Waals surface area contributed by atoms with Gasteiger partial charge in [0.2, 0.25) is 0 Å². The first-order valence-electron chi connectivity index (χ1n) is 4.95. The number of hydrogen-bond acceptors (Lipinski definition) is 8. The van der Waals surface area contributed by atoms with Crippen molar-refractivity contribution in [3.63, 3.8) is 0 Å². The topological polar surface area (TPSA) is 161 Å². The van der Waals surface area contributed by atoms with Crippen LogP contribution in [0.3, 0.4) is 0 Å². The predicted molar refractivity (Wildman–Crippen MR) is 65.2 cm³/mol. The molecule has 0 spiro atoms. The maximum Gasteiger partial charge on any atom is 1.00 e. The van der Waals surface area contributed by atoms with Crippen molar-refractivity contribution in [2.45, 2.75) is 0 Å². The van der Waals surface area contributed by atoms with Gasteiger partial charge in [-0.25, -0.2) is 0 Å². The Hall–Kier alpha value is -1.08. The Bertz CT molecular complexity index is 834. The van der Waals surface area contributed by atoms with Crippen LogP contribution in [0.1, 0.15) is 0 Å². The summed E-state index contributed by atoms with van der Waals surface area (Å²) in [5, 5.41) is 33.0. The van der Waals surface area contributed by atoms with Gasteiger partial charge < -0.3 is 5.11 Å². The summed E-state index contributed by atoms with van der Waals surface area (Å²) in [5.74, 6) is -0.840. The van der Waals surface area contributed by atoms with E-state index in [0.717, 1.165) is 0 Å². The Morgan fingerprint density at radius 3 is 1.87 bits per heavy atom. The summed E-state index contributed by atoms with van der Waals surface area (Å²) in [6, 6.07) is 7.19. The quantitative estimate of drug-likeness (QED) is 0.222. The summed E-state index contributed by atoms with van der Waals surface area (Å²) in [5.41, 5.74) is -1.26. The maximum absolute atomic E-state index is 11.7. The Morgan fingerprint density at radius 1 is 0.957 bits per heavy atom. The first-order valence-corrected chi connectivity index (χ1v) is 5.95. The summed E-state index contributed by atoms with van der Waals surface area (Å²) in [6.45, 7) is 0. The van der Waals surface area contributed by atoms with Crippen LogP contribution in [-0.4, -0.2) is 22.5 Å². The number of hydrogen-bond donors (Lipinski definition) is 0. The van der Waals surface area contributed by atoms with Crippen molar-refractivity contribution in [3.8, 4) is 5.75 Å². The second-order valence-electron chi connectivity index (χ2n) is 3.43. The van der Waals surface area contributed by atoms with Crippen LogP contribution < -0.4 is 64.2 Å². The third-order valence-corrected chi connectivity index (χ3v) is 2.28. The minimum atomic E-state index is -3.11. The average Bonchev–Trinajstić information content (AvgIpc) is 2.38. The van der Waals surface area contributed by atoms with Crippen molar-refractivity contribution in [3.05, 3.63) is 50.6 Å². The molecule has 0 saturated carbocycles. The normalized spacial score (nSPS) is 8.70. The number of fused-ring (bicyclic) bond motifs is 1. The van der Waals surface area contributed by atoms with E-state index in [4.69, 9.17) is 12.6 Å². The number of nitro groups is 2. The van der Waals surface area contributed by atoms with Crippen molar-refractivity contribution in [1.82, 2.24) is 0 Å². The van der Waals surface area contributed by atoms with E-state index < -0.39 is 37.6 Å². The van der Waals surface area contributed by atoms with E-state index in [1.165, 1.54) is 18.2 Å². The fraction of sp³-hybridized carbons (Fsp3) is 0. The monoisotopic (exact) mass is 358 g/mol. The van der Waals surface area contributed by atoms with E-state index in [1.54, 1.807) is 0 Å². The smallest absolute Gasteiger partial charge is 0.877 e. The van der Waals surface area contributed by atoms with Crippen LogP contribution in [0.25, 0.3) is 10.8 Å². The Labute approximate surface area is 174 Å². The fourth-order valence-electron chi connectivity index (χ4n) is 1.54. The number of benzene rings is 2. The summed E-state index contributed by atoms with van der Waals surface area (Å²) < 4.78 is 25.3. The zero-order valence-electron chi connectivity index (χ0n) is 11.9. The molecule has 0 aliphatic rings. The van der Waals surface area contributed by atoms with Crippen molar-refractivity contribution in [2.24, 2.45) is 0 Å². The third kappa shape index (κ3) is 6.51. The van der Waals surface area contributed by atoms with Gasteiger partial charge in [0.1, 0.15) is 0 Å². The zero-order valence-corrected chi connectivity index (χ0v) is 16.7. The Morgan fingerprint density at radius 2 is 1.43 bits per heavy atom. The van der Waals surface area contributed by atoms with Gasteiger partial charge in [0, 0.05) is 0 Å². The SMILES string of the molecule is O=S(=O)=O.O=[N+]([O-])c1cc([N+](=O)[O-])c2cc[c-]cc2c1[O-].[Na+].[Na+]. The van der Waals surface area contributed by atoms with Crippen LogP contribution >= 0.6 is 0 Å². The molecule has 0 N–H and O–H groups in total. The summed E-state index contributed by atoms with van der Waals surface area (Å²) in [4.78, 5) is 19.7. The van der Waals surface area contributed by atoms with Crippen LogP contribution in [0.5, 0.6) is 5.75 Å². The van der Waals surface area contributed by atoms with Crippen LogP contribution in [0, 0.1) is 26.3 Å².